The van der Waals surface area contributed by atoms with Crippen molar-refractivity contribution in [2.24, 2.45) is 0 Å². The summed E-state index contributed by atoms with van der Waals surface area (Å²) in [5.41, 5.74) is 0.578. The average molecular weight is 395 g/mol. The van der Waals surface area contributed by atoms with Gasteiger partial charge in [-0.05, 0) is 63.8 Å². The first-order valence-electron chi connectivity index (χ1n) is 9.93. The van der Waals surface area contributed by atoms with Gasteiger partial charge >= 0.3 is 0 Å². The van der Waals surface area contributed by atoms with Crippen molar-refractivity contribution in [2.45, 2.75) is 81.9 Å². The van der Waals surface area contributed by atoms with Gasteiger partial charge in [0, 0.05) is 17.8 Å². The highest BCUT2D eigenvalue weighted by molar-refractivity contribution is 7.89. The van der Waals surface area contributed by atoms with Gasteiger partial charge in [0.15, 0.2) is 0 Å². The zero-order valence-electron chi connectivity index (χ0n) is 16.2. The van der Waals surface area contributed by atoms with Gasteiger partial charge in [-0.3, -0.25) is 4.79 Å². The third kappa shape index (κ3) is 4.89. The Balaban J connectivity index is 1.61. The van der Waals surface area contributed by atoms with E-state index in [9.17, 15) is 13.2 Å². The lowest BCUT2D eigenvalue weighted by atomic mass is 10.0. The number of ether oxygens (including phenoxy) is 1. The van der Waals surface area contributed by atoms with Crippen molar-refractivity contribution < 1.29 is 17.9 Å². The zero-order valence-corrected chi connectivity index (χ0v) is 17.0. The summed E-state index contributed by atoms with van der Waals surface area (Å²) in [7, 11) is -3.53. The Morgan fingerprint density at radius 1 is 1.04 bits per heavy atom. The van der Waals surface area contributed by atoms with E-state index in [4.69, 9.17) is 4.74 Å². The van der Waals surface area contributed by atoms with Gasteiger partial charge in [-0.2, -0.15) is 4.31 Å². The number of amides is 1. The first-order valence-corrected chi connectivity index (χ1v) is 11.4. The van der Waals surface area contributed by atoms with Crippen LogP contribution in [-0.2, 0) is 19.6 Å². The second-order valence-corrected chi connectivity index (χ2v) is 9.60. The van der Waals surface area contributed by atoms with E-state index in [0.29, 0.717) is 5.69 Å². The van der Waals surface area contributed by atoms with Crippen molar-refractivity contribution in [3.63, 3.8) is 0 Å². The van der Waals surface area contributed by atoms with Crippen LogP contribution in [0.1, 0.15) is 58.8 Å². The molecule has 27 heavy (non-hydrogen) atoms. The summed E-state index contributed by atoms with van der Waals surface area (Å²) in [4.78, 5) is 12.3. The second-order valence-electron chi connectivity index (χ2n) is 7.75. The molecule has 1 aliphatic carbocycles. The standard InChI is InChI=1S/C20H30N2O4S/c1-15-6-5-7-16(2)22(15)27(24,25)19-12-10-17(11-13-19)21-20(23)14-26-18-8-3-4-9-18/h10-13,15-16,18H,3-9,14H2,1-2H3,(H,21,23)/t15-,16-/m1/s1. The summed E-state index contributed by atoms with van der Waals surface area (Å²) in [6, 6.07) is 6.42. The van der Waals surface area contributed by atoms with Crippen LogP contribution in [0.15, 0.2) is 29.2 Å². The molecule has 6 nitrogen and oxygen atoms in total. The van der Waals surface area contributed by atoms with Crippen LogP contribution in [0.3, 0.4) is 0 Å². The van der Waals surface area contributed by atoms with E-state index < -0.39 is 10.0 Å². The van der Waals surface area contributed by atoms with Gasteiger partial charge < -0.3 is 10.1 Å². The highest BCUT2D eigenvalue weighted by atomic mass is 32.2. The predicted octanol–water partition coefficient (Wildman–Crippen LogP) is 3.54. The third-order valence-corrected chi connectivity index (χ3v) is 7.72. The number of hydrogen-bond donors (Lipinski definition) is 1. The van der Waals surface area contributed by atoms with Crippen LogP contribution in [0.2, 0.25) is 0 Å². The fourth-order valence-corrected chi connectivity index (χ4v) is 6.03. The van der Waals surface area contributed by atoms with Gasteiger partial charge in [0.2, 0.25) is 15.9 Å². The number of nitrogens with zero attached hydrogens (tertiary/aromatic N) is 1. The molecule has 0 spiro atoms. The number of anilines is 1. The Morgan fingerprint density at radius 3 is 2.22 bits per heavy atom. The highest BCUT2D eigenvalue weighted by Gasteiger charge is 2.35. The van der Waals surface area contributed by atoms with E-state index in [1.165, 1.54) is 0 Å². The molecule has 150 valence electrons. The smallest absolute Gasteiger partial charge is 0.250 e. The molecule has 1 aromatic carbocycles. The molecule has 2 aliphatic rings. The molecule has 1 aromatic rings. The number of rotatable bonds is 6. The topological polar surface area (TPSA) is 75.7 Å². The van der Waals surface area contributed by atoms with E-state index in [-0.39, 0.29) is 35.6 Å². The number of sulfonamides is 1. The predicted molar refractivity (Wildman–Crippen MR) is 105 cm³/mol. The molecule has 1 N–H and O–H groups in total. The van der Waals surface area contributed by atoms with Gasteiger partial charge in [0.05, 0.1) is 11.0 Å². The Morgan fingerprint density at radius 2 is 1.63 bits per heavy atom. The van der Waals surface area contributed by atoms with Crippen molar-refractivity contribution >= 4 is 21.6 Å². The minimum absolute atomic E-state index is 0.00543. The highest BCUT2D eigenvalue weighted by Crippen LogP contribution is 2.30. The lowest BCUT2D eigenvalue weighted by Gasteiger charge is -2.37. The Kier molecular flexibility index (Phi) is 6.55. The Bertz CT molecular complexity index is 732. The molecule has 0 unspecified atom stereocenters. The van der Waals surface area contributed by atoms with Crippen LogP contribution in [0.4, 0.5) is 5.69 Å². The van der Waals surface area contributed by atoms with Gasteiger partial charge in [-0.15, -0.1) is 0 Å². The summed E-state index contributed by atoms with van der Waals surface area (Å²) < 4.78 is 33.2. The molecule has 7 heteroatoms. The largest absolute Gasteiger partial charge is 0.368 e. The summed E-state index contributed by atoms with van der Waals surface area (Å²) in [5.74, 6) is -0.212. The summed E-state index contributed by atoms with van der Waals surface area (Å²) >= 11 is 0. The Labute approximate surface area is 162 Å². The molecule has 2 atom stereocenters. The molecule has 3 rings (SSSR count). The van der Waals surface area contributed by atoms with Crippen LogP contribution in [-0.4, -0.2) is 43.4 Å². The van der Waals surface area contributed by atoms with Crippen molar-refractivity contribution in [3.05, 3.63) is 24.3 Å². The number of piperidine rings is 1. The maximum atomic E-state index is 13.0. The number of nitrogens with one attached hydrogen (secondary N) is 1. The van der Waals surface area contributed by atoms with E-state index in [2.05, 4.69) is 5.32 Å². The van der Waals surface area contributed by atoms with E-state index in [1.807, 2.05) is 13.8 Å². The molecule has 2 fully saturated rings. The van der Waals surface area contributed by atoms with Crippen molar-refractivity contribution in [3.8, 4) is 0 Å². The van der Waals surface area contributed by atoms with Crippen molar-refractivity contribution in [1.82, 2.24) is 4.31 Å². The second kappa shape index (κ2) is 8.71. The van der Waals surface area contributed by atoms with E-state index in [1.54, 1.807) is 28.6 Å². The molecular formula is C20H30N2O4S. The van der Waals surface area contributed by atoms with Crippen LogP contribution < -0.4 is 5.32 Å². The molecule has 1 aliphatic heterocycles. The van der Waals surface area contributed by atoms with E-state index >= 15 is 0 Å². The fourth-order valence-electron chi connectivity index (χ4n) is 4.15. The van der Waals surface area contributed by atoms with E-state index in [0.717, 1.165) is 44.9 Å². The number of hydrogen-bond acceptors (Lipinski definition) is 4. The quantitative estimate of drug-likeness (QED) is 0.801. The Hall–Kier alpha value is -1.44. The monoisotopic (exact) mass is 394 g/mol. The maximum absolute atomic E-state index is 13.0. The molecule has 0 bridgehead atoms. The first kappa shape index (κ1) is 20.3. The van der Waals surface area contributed by atoms with Crippen LogP contribution >= 0.6 is 0 Å². The normalized spacial score (nSPS) is 24.8. The van der Waals surface area contributed by atoms with Gasteiger partial charge in [0.1, 0.15) is 6.61 Å². The lowest BCUT2D eigenvalue weighted by Crippen LogP contribution is -2.47. The van der Waals surface area contributed by atoms with Crippen molar-refractivity contribution in [1.29, 1.82) is 0 Å². The SMILES string of the molecule is C[C@@H]1CCC[C@@H](C)N1S(=O)(=O)c1ccc(NC(=O)COC2CCCC2)cc1. The van der Waals surface area contributed by atoms with Crippen molar-refractivity contribution in [2.75, 3.05) is 11.9 Å². The number of benzene rings is 1. The van der Waals surface area contributed by atoms with Crippen LogP contribution in [0.5, 0.6) is 0 Å². The fraction of sp³-hybridized carbons (Fsp3) is 0.650. The number of carbonyl (C=O) groups is 1. The first-order chi connectivity index (χ1) is 12.9. The molecular weight excluding hydrogens is 364 g/mol. The number of carbonyl (C=O) groups excluding carboxylic acids is 1. The third-order valence-electron chi connectivity index (χ3n) is 5.58. The summed E-state index contributed by atoms with van der Waals surface area (Å²) in [6.07, 6.45) is 7.39. The molecule has 1 saturated carbocycles. The van der Waals surface area contributed by atoms with Crippen LogP contribution in [0.25, 0.3) is 0 Å². The molecule has 0 aromatic heterocycles. The average Bonchev–Trinajstić information content (AvgIpc) is 3.14. The molecule has 1 amide bonds. The minimum atomic E-state index is -3.53. The van der Waals surface area contributed by atoms with Gasteiger partial charge in [0.25, 0.3) is 0 Å². The molecule has 1 saturated heterocycles. The lowest BCUT2D eigenvalue weighted by molar-refractivity contribution is -0.122. The molecule has 1 heterocycles. The summed E-state index contributed by atoms with van der Waals surface area (Å²) in [6.45, 7) is 3.96. The van der Waals surface area contributed by atoms with Gasteiger partial charge in [-0.25, -0.2) is 8.42 Å². The zero-order chi connectivity index (χ0) is 19.4. The summed E-state index contributed by atoms with van der Waals surface area (Å²) in [5, 5.41) is 2.77. The minimum Gasteiger partial charge on any atom is -0.368 e. The molecule has 0 radical (unpaired) electrons. The maximum Gasteiger partial charge on any atom is 0.250 e. The van der Waals surface area contributed by atoms with Crippen LogP contribution in [0, 0.1) is 0 Å². The van der Waals surface area contributed by atoms with Gasteiger partial charge in [-0.1, -0.05) is 19.3 Å².